The minimum absolute atomic E-state index is 0.156. The maximum Gasteiger partial charge on any atom is 0.248 e. The van der Waals surface area contributed by atoms with Crippen molar-refractivity contribution in [3.63, 3.8) is 0 Å². The number of allylic oxidation sites excluding steroid dienone is 1. The summed E-state index contributed by atoms with van der Waals surface area (Å²) in [6.45, 7) is 4.07. The van der Waals surface area contributed by atoms with E-state index in [0.717, 1.165) is 28.6 Å². The molecule has 0 spiro atoms. The normalized spacial score (nSPS) is 11.6. The van der Waals surface area contributed by atoms with E-state index in [-0.39, 0.29) is 5.69 Å². The van der Waals surface area contributed by atoms with Gasteiger partial charge in [0.2, 0.25) is 5.91 Å². The minimum atomic E-state index is -1.03. The zero-order valence-corrected chi connectivity index (χ0v) is 18.7. The highest BCUT2D eigenvalue weighted by Gasteiger charge is 2.15. The number of carbonyl (C=O) groups is 1. The molecular weight excluding hydrogens is 448 g/mol. The third-order valence-electron chi connectivity index (χ3n) is 5.09. The summed E-state index contributed by atoms with van der Waals surface area (Å²) in [6, 6.07) is 14.3. The molecule has 0 atom stereocenters. The van der Waals surface area contributed by atoms with E-state index in [9.17, 15) is 13.6 Å². The monoisotopic (exact) mass is 467 g/mol. The number of halogens is 3. The molecular formula is C26H20ClF2NO3. The number of anilines is 1. The molecule has 0 saturated carbocycles. The molecule has 4 rings (SSSR count). The summed E-state index contributed by atoms with van der Waals surface area (Å²) in [7, 11) is 0. The first-order valence-corrected chi connectivity index (χ1v) is 10.6. The van der Waals surface area contributed by atoms with E-state index in [4.69, 9.17) is 20.8 Å². The molecule has 7 heteroatoms. The molecule has 3 aromatic carbocycles. The first kappa shape index (κ1) is 22.6. The van der Waals surface area contributed by atoms with Crippen LogP contribution in [0.5, 0.6) is 5.75 Å². The van der Waals surface area contributed by atoms with E-state index in [1.165, 1.54) is 12.1 Å². The smallest absolute Gasteiger partial charge is 0.248 e. The maximum atomic E-state index is 13.4. The number of furan rings is 1. The molecule has 0 saturated heterocycles. The van der Waals surface area contributed by atoms with E-state index in [2.05, 4.69) is 5.32 Å². The van der Waals surface area contributed by atoms with Gasteiger partial charge >= 0.3 is 0 Å². The second-order valence-corrected chi connectivity index (χ2v) is 7.82. The zero-order valence-electron chi connectivity index (χ0n) is 17.9. The first-order chi connectivity index (χ1) is 15.9. The van der Waals surface area contributed by atoms with Gasteiger partial charge in [-0.3, -0.25) is 4.79 Å². The predicted molar refractivity (Wildman–Crippen MR) is 126 cm³/mol. The summed E-state index contributed by atoms with van der Waals surface area (Å²) >= 11 is 6.01. The van der Waals surface area contributed by atoms with Crippen molar-refractivity contribution < 1.29 is 22.7 Å². The van der Waals surface area contributed by atoms with Crippen molar-refractivity contribution in [2.45, 2.75) is 13.8 Å². The molecule has 1 heterocycles. The molecule has 0 bridgehead atoms. The highest BCUT2D eigenvalue weighted by Crippen LogP contribution is 2.37. The van der Waals surface area contributed by atoms with Crippen LogP contribution in [0, 0.1) is 11.6 Å². The summed E-state index contributed by atoms with van der Waals surface area (Å²) < 4.78 is 38.1. The molecule has 33 heavy (non-hydrogen) atoms. The number of amides is 1. The van der Waals surface area contributed by atoms with Crippen LogP contribution < -0.4 is 10.1 Å². The Kier molecular flexibility index (Phi) is 6.47. The van der Waals surface area contributed by atoms with E-state index < -0.39 is 17.5 Å². The Labute approximate surface area is 194 Å². The first-order valence-electron chi connectivity index (χ1n) is 10.2. The molecule has 4 aromatic rings. The number of fused-ring (bicyclic) bond motifs is 1. The van der Waals surface area contributed by atoms with Crippen molar-refractivity contribution in [1.29, 1.82) is 0 Å². The van der Waals surface area contributed by atoms with Gasteiger partial charge < -0.3 is 14.5 Å². The molecule has 1 N–H and O–H groups in total. The fourth-order valence-electron chi connectivity index (χ4n) is 3.52. The van der Waals surface area contributed by atoms with Crippen LogP contribution in [-0.2, 0) is 4.79 Å². The summed E-state index contributed by atoms with van der Waals surface area (Å²) in [5.41, 5.74) is 3.95. The molecule has 0 radical (unpaired) electrons. The largest absolute Gasteiger partial charge is 0.493 e. The highest BCUT2D eigenvalue weighted by molar-refractivity contribution is 6.30. The lowest BCUT2D eigenvalue weighted by atomic mass is 9.99. The Balaban J connectivity index is 1.71. The van der Waals surface area contributed by atoms with Gasteiger partial charge in [-0.05, 0) is 55.3 Å². The standard InChI is InChI=1S/C26H20ClF2NO3/c1-3-32-24-13-25-20(21(14-33-25)16-4-6-17(27)7-5-16)12-19(24)15(2)10-26(31)30-18-8-9-22(28)23(29)11-18/h4-14H,3H2,1-2H3,(H,30,31)/b15-10+. The van der Waals surface area contributed by atoms with Crippen LogP contribution in [0.15, 0.2) is 71.4 Å². The average Bonchev–Trinajstić information content (AvgIpc) is 3.19. The van der Waals surface area contributed by atoms with Gasteiger partial charge in [0.1, 0.15) is 11.3 Å². The molecule has 0 fully saturated rings. The van der Waals surface area contributed by atoms with Gasteiger partial charge in [-0.2, -0.15) is 0 Å². The van der Waals surface area contributed by atoms with E-state index in [1.54, 1.807) is 31.4 Å². The van der Waals surface area contributed by atoms with Crippen LogP contribution in [0.1, 0.15) is 19.4 Å². The summed E-state index contributed by atoms with van der Waals surface area (Å²) in [4.78, 5) is 12.5. The predicted octanol–water partition coefficient (Wildman–Crippen LogP) is 7.47. The number of hydrogen-bond donors (Lipinski definition) is 1. The zero-order chi connectivity index (χ0) is 23.5. The maximum absolute atomic E-state index is 13.4. The van der Waals surface area contributed by atoms with Crippen LogP contribution in [0.25, 0.3) is 27.7 Å². The summed E-state index contributed by atoms with van der Waals surface area (Å²) in [5, 5.41) is 4.03. The fraction of sp³-hybridized carbons (Fsp3) is 0.115. The fourth-order valence-corrected chi connectivity index (χ4v) is 3.64. The molecule has 1 amide bonds. The van der Waals surface area contributed by atoms with Crippen LogP contribution in [-0.4, -0.2) is 12.5 Å². The van der Waals surface area contributed by atoms with Gasteiger partial charge in [-0.15, -0.1) is 0 Å². The van der Waals surface area contributed by atoms with Gasteiger partial charge in [-0.1, -0.05) is 23.7 Å². The van der Waals surface area contributed by atoms with Crippen molar-refractivity contribution >= 4 is 39.7 Å². The Bertz CT molecular complexity index is 1360. The summed E-state index contributed by atoms with van der Waals surface area (Å²) in [6.07, 6.45) is 3.05. The van der Waals surface area contributed by atoms with Crippen molar-refractivity contribution in [2.75, 3.05) is 11.9 Å². The number of ether oxygens (including phenoxy) is 1. The van der Waals surface area contributed by atoms with Crippen LogP contribution in [0.3, 0.4) is 0 Å². The summed E-state index contributed by atoms with van der Waals surface area (Å²) in [5.74, 6) is -1.93. The molecule has 1 aromatic heterocycles. The lowest BCUT2D eigenvalue weighted by Crippen LogP contribution is -2.09. The van der Waals surface area contributed by atoms with Gasteiger partial charge in [0, 0.05) is 45.4 Å². The highest BCUT2D eigenvalue weighted by atomic mass is 35.5. The SMILES string of the molecule is CCOc1cc2occ(-c3ccc(Cl)cc3)c2cc1/C(C)=C/C(=O)Nc1ccc(F)c(F)c1. The van der Waals surface area contributed by atoms with E-state index in [0.29, 0.717) is 34.1 Å². The van der Waals surface area contributed by atoms with Crippen LogP contribution in [0.4, 0.5) is 14.5 Å². The molecule has 0 unspecified atom stereocenters. The number of benzene rings is 3. The third kappa shape index (κ3) is 4.91. The Hall–Kier alpha value is -3.64. The van der Waals surface area contributed by atoms with Crippen molar-refractivity contribution in [1.82, 2.24) is 0 Å². The van der Waals surface area contributed by atoms with Gasteiger partial charge in [0.05, 0.1) is 12.9 Å². The Morgan fingerprint density at radius 1 is 1.09 bits per heavy atom. The van der Waals surface area contributed by atoms with Gasteiger partial charge in [0.25, 0.3) is 0 Å². The van der Waals surface area contributed by atoms with Crippen molar-refractivity contribution in [3.05, 3.63) is 89.2 Å². The van der Waals surface area contributed by atoms with Crippen molar-refractivity contribution in [2.24, 2.45) is 0 Å². The molecule has 0 aliphatic carbocycles. The second kappa shape index (κ2) is 9.46. The quantitative estimate of drug-likeness (QED) is 0.299. The van der Waals surface area contributed by atoms with Crippen molar-refractivity contribution in [3.8, 4) is 16.9 Å². The van der Waals surface area contributed by atoms with Crippen LogP contribution in [0.2, 0.25) is 5.02 Å². The molecule has 0 aliphatic heterocycles. The lowest BCUT2D eigenvalue weighted by molar-refractivity contribution is -0.111. The topological polar surface area (TPSA) is 51.5 Å². The number of nitrogens with one attached hydrogen (secondary N) is 1. The number of rotatable bonds is 6. The Morgan fingerprint density at radius 2 is 1.85 bits per heavy atom. The third-order valence-corrected chi connectivity index (χ3v) is 5.34. The minimum Gasteiger partial charge on any atom is -0.493 e. The Morgan fingerprint density at radius 3 is 2.55 bits per heavy atom. The number of carbonyl (C=O) groups excluding carboxylic acids is 1. The molecule has 4 nitrogen and oxygen atoms in total. The van der Waals surface area contributed by atoms with Crippen LogP contribution >= 0.6 is 11.6 Å². The van der Waals surface area contributed by atoms with E-state index in [1.807, 2.05) is 25.1 Å². The second-order valence-electron chi connectivity index (χ2n) is 7.38. The van der Waals surface area contributed by atoms with E-state index >= 15 is 0 Å². The average molecular weight is 468 g/mol. The lowest BCUT2D eigenvalue weighted by Gasteiger charge is -2.12. The number of hydrogen-bond acceptors (Lipinski definition) is 3. The van der Waals surface area contributed by atoms with Gasteiger partial charge in [-0.25, -0.2) is 8.78 Å². The van der Waals surface area contributed by atoms with Gasteiger partial charge in [0.15, 0.2) is 11.6 Å². The molecule has 0 aliphatic rings. The molecule has 168 valence electrons.